The summed E-state index contributed by atoms with van der Waals surface area (Å²) in [6, 6.07) is 7.24. The summed E-state index contributed by atoms with van der Waals surface area (Å²) in [6.45, 7) is 4.21. The summed E-state index contributed by atoms with van der Waals surface area (Å²) >= 11 is 7.25. The van der Waals surface area contributed by atoms with E-state index in [9.17, 15) is 4.79 Å². The SMILES string of the molecule is COCc1cc(C)nc2sc(C(=O)Nc3ccc(Cl)cc3C)c(N)c12. The summed E-state index contributed by atoms with van der Waals surface area (Å²) in [6.07, 6.45) is 0. The minimum atomic E-state index is -0.257. The van der Waals surface area contributed by atoms with Gasteiger partial charge in [-0.1, -0.05) is 11.6 Å². The number of anilines is 2. The molecule has 0 aliphatic rings. The number of ether oxygens (including phenoxy) is 1. The fourth-order valence-corrected chi connectivity index (χ4v) is 4.03. The molecule has 1 amide bonds. The largest absolute Gasteiger partial charge is 0.397 e. The van der Waals surface area contributed by atoms with E-state index in [4.69, 9.17) is 22.1 Å². The summed E-state index contributed by atoms with van der Waals surface area (Å²) in [4.78, 5) is 18.4. The van der Waals surface area contributed by atoms with Crippen molar-refractivity contribution >= 4 is 50.4 Å². The van der Waals surface area contributed by atoms with Crippen molar-refractivity contribution in [3.05, 3.63) is 51.0 Å². The molecule has 3 rings (SSSR count). The number of nitrogen functional groups attached to an aromatic ring is 1. The predicted octanol–water partition coefficient (Wildman–Crippen LogP) is 4.55. The van der Waals surface area contributed by atoms with Gasteiger partial charge in [0.25, 0.3) is 5.91 Å². The second kappa shape index (κ2) is 7.00. The minimum absolute atomic E-state index is 0.257. The van der Waals surface area contributed by atoms with Crippen molar-refractivity contribution in [1.82, 2.24) is 4.98 Å². The summed E-state index contributed by atoms with van der Waals surface area (Å²) < 4.78 is 5.25. The molecule has 0 spiro atoms. The molecule has 7 heteroatoms. The first-order valence-corrected chi connectivity index (χ1v) is 8.85. The number of carbonyl (C=O) groups is 1. The average Bonchev–Trinajstić information content (AvgIpc) is 2.87. The van der Waals surface area contributed by atoms with Crippen LogP contribution in [0.4, 0.5) is 11.4 Å². The van der Waals surface area contributed by atoms with E-state index < -0.39 is 0 Å². The molecule has 0 saturated carbocycles. The molecular formula is C18H18ClN3O2S. The number of aromatic nitrogens is 1. The number of pyridine rings is 1. The first-order chi connectivity index (χ1) is 11.9. The molecule has 0 fully saturated rings. The number of amides is 1. The van der Waals surface area contributed by atoms with E-state index in [1.165, 1.54) is 11.3 Å². The van der Waals surface area contributed by atoms with Gasteiger partial charge in [-0.05, 0) is 49.2 Å². The Morgan fingerprint density at radius 2 is 2.12 bits per heavy atom. The van der Waals surface area contributed by atoms with Gasteiger partial charge in [0.05, 0.1) is 12.3 Å². The number of aryl methyl sites for hydroxylation is 2. The standard InChI is InChI=1S/C18H18ClN3O2S/c1-9-6-12(19)4-5-13(9)22-17(23)16-15(20)14-11(8-24-3)7-10(2)21-18(14)25-16/h4-7H,8,20H2,1-3H3,(H,22,23). The number of nitrogens with zero attached hydrogens (tertiary/aromatic N) is 1. The maximum atomic E-state index is 12.7. The second-order valence-electron chi connectivity index (χ2n) is 5.79. The molecule has 25 heavy (non-hydrogen) atoms. The topological polar surface area (TPSA) is 77.2 Å². The van der Waals surface area contributed by atoms with E-state index in [-0.39, 0.29) is 5.91 Å². The zero-order valence-electron chi connectivity index (χ0n) is 14.1. The smallest absolute Gasteiger partial charge is 0.267 e. The number of carbonyl (C=O) groups excluding carboxylic acids is 1. The maximum absolute atomic E-state index is 12.7. The average molecular weight is 376 g/mol. The van der Waals surface area contributed by atoms with Crippen LogP contribution in [0.15, 0.2) is 24.3 Å². The highest BCUT2D eigenvalue weighted by Crippen LogP contribution is 2.36. The molecule has 3 aromatic rings. The second-order valence-corrected chi connectivity index (χ2v) is 7.23. The number of halogens is 1. The number of hydrogen-bond acceptors (Lipinski definition) is 5. The van der Waals surface area contributed by atoms with Crippen molar-refractivity contribution in [2.45, 2.75) is 20.5 Å². The van der Waals surface area contributed by atoms with Crippen molar-refractivity contribution in [1.29, 1.82) is 0 Å². The maximum Gasteiger partial charge on any atom is 0.267 e. The van der Waals surface area contributed by atoms with Crippen LogP contribution in [0, 0.1) is 13.8 Å². The van der Waals surface area contributed by atoms with Gasteiger partial charge in [-0.15, -0.1) is 11.3 Å². The molecule has 130 valence electrons. The summed E-state index contributed by atoms with van der Waals surface area (Å²) in [5.74, 6) is -0.257. The first-order valence-electron chi connectivity index (χ1n) is 7.65. The van der Waals surface area contributed by atoms with Gasteiger partial charge in [0.1, 0.15) is 9.71 Å². The lowest BCUT2D eigenvalue weighted by molar-refractivity contribution is 0.103. The molecule has 1 aromatic carbocycles. The summed E-state index contributed by atoms with van der Waals surface area (Å²) in [5, 5.41) is 4.31. The van der Waals surface area contributed by atoms with Crippen LogP contribution in [0.1, 0.15) is 26.5 Å². The van der Waals surface area contributed by atoms with Crippen LogP contribution in [-0.2, 0) is 11.3 Å². The van der Waals surface area contributed by atoms with Gasteiger partial charge in [0.2, 0.25) is 0 Å². The Bertz CT molecular complexity index is 969. The van der Waals surface area contributed by atoms with Crippen LogP contribution >= 0.6 is 22.9 Å². The van der Waals surface area contributed by atoms with Gasteiger partial charge >= 0.3 is 0 Å². The van der Waals surface area contributed by atoms with E-state index in [1.807, 2.05) is 19.9 Å². The Hall–Kier alpha value is -2.15. The van der Waals surface area contributed by atoms with E-state index in [2.05, 4.69) is 10.3 Å². The number of thiophene rings is 1. The Balaban J connectivity index is 2.02. The molecule has 0 radical (unpaired) electrons. The molecule has 3 N–H and O–H groups in total. The molecule has 5 nitrogen and oxygen atoms in total. The highest BCUT2D eigenvalue weighted by atomic mass is 35.5. The third-order valence-electron chi connectivity index (χ3n) is 3.85. The fraction of sp³-hybridized carbons (Fsp3) is 0.222. The zero-order chi connectivity index (χ0) is 18.1. The molecule has 0 aliphatic carbocycles. The molecule has 0 saturated heterocycles. The third-order valence-corrected chi connectivity index (χ3v) is 5.18. The molecular weight excluding hydrogens is 358 g/mol. The quantitative estimate of drug-likeness (QED) is 0.701. The molecule has 0 unspecified atom stereocenters. The van der Waals surface area contributed by atoms with Crippen molar-refractivity contribution in [2.75, 3.05) is 18.2 Å². The Kier molecular flexibility index (Phi) is 4.94. The van der Waals surface area contributed by atoms with E-state index >= 15 is 0 Å². The number of nitrogens with one attached hydrogen (secondary N) is 1. The highest BCUT2D eigenvalue weighted by molar-refractivity contribution is 7.21. The van der Waals surface area contributed by atoms with Crippen molar-refractivity contribution in [3.63, 3.8) is 0 Å². The Labute approximate surface area is 154 Å². The van der Waals surface area contributed by atoms with Crippen LogP contribution in [0.25, 0.3) is 10.2 Å². The van der Waals surface area contributed by atoms with Crippen molar-refractivity contribution in [2.24, 2.45) is 0 Å². The number of fused-ring (bicyclic) bond motifs is 1. The Morgan fingerprint density at radius 1 is 1.36 bits per heavy atom. The minimum Gasteiger partial charge on any atom is -0.397 e. The number of nitrogens with two attached hydrogens (primary N) is 1. The van der Waals surface area contributed by atoms with Gasteiger partial charge in [-0.2, -0.15) is 0 Å². The van der Waals surface area contributed by atoms with E-state index in [0.717, 1.165) is 27.0 Å². The van der Waals surface area contributed by atoms with Crippen molar-refractivity contribution in [3.8, 4) is 0 Å². The zero-order valence-corrected chi connectivity index (χ0v) is 15.7. The fourth-order valence-electron chi connectivity index (χ4n) is 2.72. The molecule has 2 heterocycles. The molecule has 0 bridgehead atoms. The van der Waals surface area contributed by atoms with Gasteiger partial charge in [0.15, 0.2) is 0 Å². The van der Waals surface area contributed by atoms with Crippen molar-refractivity contribution < 1.29 is 9.53 Å². The normalized spacial score (nSPS) is 11.0. The van der Waals surface area contributed by atoms with Gasteiger partial charge in [-0.25, -0.2) is 4.98 Å². The van der Waals surface area contributed by atoms with Gasteiger partial charge in [0, 0.05) is 28.9 Å². The number of hydrogen-bond donors (Lipinski definition) is 2. The summed E-state index contributed by atoms with van der Waals surface area (Å²) in [7, 11) is 1.63. The predicted molar refractivity (Wildman–Crippen MR) is 104 cm³/mol. The lowest BCUT2D eigenvalue weighted by Gasteiger charge is -2.08. The number of benzene rings is 1. The Morgan fingerprint density at radius 3 is 2.80 bits per heavy atom. The lowest BCUT2D eigenvalue weighted by Crippen LogP contribution is -2.12. The van der Waals surface area contributed by atoms with E-state index in [1.54, 1.807) is 25.3 Å². The van der Waals surface area contributed by atoms with Crippen LogP contribution in [-0.4, -0.2) is 18.0 Å². The van der Waals surface area contributed by atoms with Crippen LogP contribution in [0.5, 0.6) is 0 Å². The van der Waals surface area contributed by atoms with E-state index in [0.29, 0.717) is 27.9 Å². The van der Waals surface area contributed by atoms with Crippen LogP contribution in [0.3, 0.4) is 0 Å². The first kappa shape index (κ1) is 17.7. The van der Waals surface area contributed by atoms with Gasteiger partial charge < -0.3 is 15.8 Å². The monoisotopic (exact) mass is 375 g/mol. The third kappa shape index (κ3) is 3.46. The van der Waals surface area contributed by atoms with Gasteiger partial charge in [-0.3, -0.25) is 4.79 Å². The highest BCUT2D eigenvalue weighted by Gasteiger charge is 2.20. The lowest BCUT2D eigenvalue weighted by atomic mass is 10.1. The van der Waals surface area contributed by atoms with Crippen LogP contribution < -0.4 is 11.1 Å². The molecule has 2 aromatic heterocycles. The number of methoxy groups -OCH3 is 1. The number of rotatable bonds is 4. The molecule has 0 aliphatic heterocycles. The molecule has 0 atom stereocenters. The summed E-state index contributed by atoms with van der Waals surface area (Å²) in [5.41, 5.74) is 10.1. The van der Waals surface area contributed by atoms with Crippen LogP contribution in [0.2, 0.25) is 5.02 Å².